The molecule has 0 aliphatic carbocycles. The predicted octanol–water partition coefficient (Wildman–Crippen LogP) is 2.25. The summed E-state index contributed by atoms with van der Waals surface area (Å²) < 4.78 is 16.0. The van der Waals surface area contributed by atoms with Crippen molar-refractivity contribution in [2.24, 2.45) is 0 Å². The molecule has 1 aromatic carbocycles. The van der Waals surface area contributed by atoms with E-state index in [1.807, 2.05) is 12.1 Å². The van der Waals surface area contributed by atoms with Crippen molar-refractivity contribution in [2.45, 2.75) is 38.6 Å². The maximum Gasteiger partial charge on any atom is 0.224 e. The maximum absolute atomic E-state index is 12.4. The van der Waals surface area contributed by atoms with Crippen molar-refractivity contribution in [1.29, 1.82) is 0 Å². The first-order valence-corrected chi connectivity index (χ1v) is 8.91. The summed E-state index contributed by atoms with van der Waals surface area (Å²) in [4.78, 5) is 14.9. The van der Waals surface area contributed by atoms with Crippen molar-refractivity contribution < 1.29 is 19.0 Å². The fourth-order valence-corrected chi connectivity index (χ4v) is 3.32. The van der Waals surface area contributed by atoms with E-state index >= 15 is 0 Å². The van der Waals surface area contributed by atoms with Crippen LogP contribution in [0.5, 0.6) is 17.2 Å². The molecule has 0 atom stereocenters. The molecule has 1 fully saturated rings. The largest absolute Gasteiger partial charge is 0.493 e. The normalized spacial score (nSPS) is 15.7. The summed E-state index contributed by atoms with van der Waals surface area (Å²) >= 11 is 0. The van der Waals surface area contributed by atoms with Crippen LogP contribution in [-0.4, -0.2) is 57.8 Å². The third-order valence-corrected chi connectivity index (χ3v) is 4.58. The highest BCUT2D eigenvalue weighted by Gasteiger charge is 2.21. The lowest BCUT2D eigenvalue weighted by Gasteiger charge is -2.32. The number of likely N-dealkylation sites (tertiary alicyclic amines) is 1. The number of hydrogen-bond acceptors (Lipinski definition) is 5. The Balaban J connectivity index is 1.94. The van der Waals surface area contributed by atoms with E-state index in [1.165, 1.54) is 6.42 Å². The number of carbonyl (C=O) groups is 1. The van der Waals surface area contributed by atoms with Crippen molar-refractivity contribution >= 4 is 5.91 Å². The second-order valence-corrected chi connectivity index (χ2v) is 6.39. The molecule has 0 saturated carbocycles. The maximum atomic E-state index is 12.4. The SMILES string of the molecule is CCCN1CCC(NC(=O)Cc2cc(OC)c(OC)c(OC)c2)CC1. The second kappa shape index (κ2) is 9.51. The molecule has 1 amide bonds. The lowest BCUT2D eigenvalue weighted by molar-refractivity contribution is -0.121. The molecule has 25 heavy (non-hydrogen) atoms. The molecule has 0 radical (unpaired) electrons. The molecule has 0 aromatic heterocycles. The summed E-state index contributed by atoms with van der Waals surface area (Å²) in [5.74, 6) is 1.70. The minimum atomic E-state index is 0.0308. The molecule has 0 spiro atoms. The van der Waals surface area contributed by atoms with Crippen LogP contribution >= 0.6 is 0 Å². The third kappa shape index (κ3) is 5.26. The van der Waals surface area contributed by atoms with E-state index in [1.54, 1.807) is 21.3 Å². The zero-order valence-corrected chi connectivity index (χ0v) is 15.8. The molecule has 1 aliphatic heterocycles. The predicted molar refractivity (Wildman–Crippen MR) is 97.7 cm³/mol. The number of hydrogen-bond donors (Lipinski definition) is 1. The second-order valence-electron chi connectivity index (χ2n) is 6.39. The van der Waals surface area contributed by atoms with Gasteiger partial charge in [0, 0.05) is 19.1 Å². The van der Waals surface area contributed by atoms with Crippen LogP contribution in [0.3, 0.4) is 0 Å². The lowest BCUT2D eigenvalue weighted by atomic mass is 10.0. The van der Waals surface area contributed by atoms with Crippen molar-refractivity contribution in [2.75, 3.05) is 41.0 Å². The first kappa shape index (κ1) is 19.4. The molecule has 1 heterocycles. The van der Waals surface area contributed by atoms with Crippen molar-refractivity contribution in [3.8, 4) is 17.2 Å². The van der Waals surface area contributed by atoms with E-state index < -0.39 is 0 Å². The van der Waals surface area contributed by atoms with Crippen LogP contribution in [0.2, 0.25) is 0 Å². The summed E-state index contributed by atoms with van der Waals surface area (Å²) in [7, 11) is 4.72. The minimum absolute atomic E-state index is 0.0308. The molecule has 6 heteroatoms. The van der Waals surface area contributed by atoms with Crippen LogP contribution in [-0.2, 0) is 11.2 Å². The van der Waals surface area contributed by atoms with E-state index in [4.69, 9.17) is 14.2 Å². The fourth-order valence-electron chi connectivity index (χ4n) is 3.32. The Morgan fingerprint density at radius 2 is 1.72 bits per heavy atom. The van der Waals surface area contributed by atoms with Gasteiger partial charge in [-0.1, -0.05) is 6.92 Å². The van der Waals surface area contributed by atoms with E-state index in [9.17, 15) is 4.79 Å². The van der Waals surface area contributed by atoms with E-state index in [-0.39, 0.29) is 11.9 Å². The Bertz CT molecular complexity index is 544. The monoisotopic (exact) mass is 350 g/mol. The lowest BCUT2D eigenvalue weighted by Crippen LogP contribution is -2.45. The zero-order valence-electron chi connectivity index (χ0n) is 15.8. The Hall–Kier alpha value is -1.95. The van der Waals surface area contributed by atoms with Crippen LogP contribution in [0.1, 0.15) is 31.7 Å². The molecule has 140 valence electrons. The molecule has 6 nitrogen and oxygen atoms in total. The highest BCUT2D eigenvalue weighted by atomic mass is 16.5. The molecule has 0 bridgehead atoms. The zero-order chi connectivity index (χ0) is 18.2. The van der Waals surface area contributed by atoms with Crippen LogP contribution in [0, 0.1) is 0 Å². The van der Waals surface area contributed by atoms with Crippen LogP contribution < -0.4 is 19.5 Å². The quantitative estimate of drug-likeness (QED) is 0.779. The Morgan fingerprint density at radius 1 is 1.12 bits per heavy atom. The number of ether oxygens (including phenoxy) is 3. The minimum Gasteiger partial charge on any atom is -0.493 e. The molecule has 1 saturated heterocycles. The fraction of sp³-hybridized carbons (Fsp3) is 0.632. The Morgan fingerprint density at radius 3 is 2.20 bits per heavy atom. The number of carbonyl (C=O) groups excluding carboxylic acids is 1. The number of amides is 1. The average molecular weight is 350 g/mol. The van der Waals surface area contributed by atoms with Crippen LogP contribution in [0.15, 0.2) is 12.1 Å². The molecule has 1 aliphatic rings. The summed E-state index contributed by atoms with van der Waals surface area (Å²) in [6.07, 6.45) is 3.51. The van der Waals surface area contributed by atoms with Gasteiger partial charge in [-0.2, -0.15) is 0 Å². The van der Waals surface area contributed by atoms with E-state index in [2.05, 4.69) is 17.1 Å². The summed E-state index contributed by atoms with van der Waals surface area (Å²) in [6, 6.07) is 3.91. The standard InChI is InChI=1S/C19H30N2O4/c1-5-8-21-9-6-15(7-10-21)20-18(22)13-14-11-16(23-2)19(25-4)17(12-14)24-3/h11-12,15H,5-10,13H2,1-4H3,(H,20,22). The van der Waals surface area contributed by atoms with Crippen LogP contribution in [0.25, 0.3) is 0 Å². The summed E-state index contributed by atoms with van der Waals surface area (Å²) in [5, 5.41) is 3.16. The van der Waals surface area contributed by atoms with Crippen molar-refractivity contribution in [3.63, 3.8) is 0 Å². The number of rotatable bonds is 8. The van der Waals surface area contributed by atoms with E-state index in [0.717, 1.165) is 38.0 Å². The number of methoxy groups -OCH3 is 3. The smallest absolute Gasteiger partial charge is 0.224 e. The van der Waals surface area contributed by atoms with Gasteiger partial charge < -0.3 is 24.4 Å². The van der Waals surface area contributed by atoms with Gasteiger partial charge in [0.1, 0.15) is 0 Å². The van der Waals surface area contributed by atoms with Gasteiger partial charge in [-0.25, -0.2) is 0 Å². The van der Waals surface area contributed by atoms with Gasteiger partial charge in [-0.3, -0.25) is 4.79 Å². The number of benzene rings is 1. The molecular formula is C19H30N2O4. The number of piperidine rings is 1. The number of nitrogens with one attached hydrogen (secondary N) is 1. The van der Waals surface area contributed by atoms with Crippen molar-refractivity contribution in [3.05, 3.63) is 17.7 Å². The van der Waals surface area contributed by atoms with Gasteiger partial charge in [0.15, 0.2) is 11.5 Å². The molecule has 2 rings (SSSR count). The highest BCUT2D eigenvalue weighted by Crippen LogP contribution is 2.38. The van der Waals surface area contributed by atoms with Gasteiger partial charge in [0.2, 0.25) is 11.7 Å². The van der Waals surface area contributed by atoms with Gasteiger partial charge in [0.05, 0.1) is 27.8 Å². The van der Waals surface area contributed by atoms with Gasteiger partial charge in [-0.15, -0.1) is 0 Å². The Kier molecular flexibility index (Phi) is 7.37. The summed E-state index contributed by atoms with van der Waals surface area (Å²) in [6.45, 7) is 5.46. The highest BCUT2D eigenvalue weighted by molar-refractivity contribution is 5.79. The van der Waals surface area contributed by atoms with Gasteiger partial charge in [-0.05, 0) is 43.5 Å². The molecule has 1 aromatic rings. The first-order valence-electron chi connectivity index (χ1n) is 8.91. The first-order chi connectivity index (χ1) is 12.1. The van der Waals surface area contributed by atoms with Gasteiger partial charge >= 0.3 is 0 Å². The van der Waals surface area contributed by atoms with Gasteiger partial charge in [0.25, 0.3) is 0 Å². The topological polar surface area (TPSA) is 60.0 Å². The third-order valence-electron chi connectivity index (χ3n) is 4.58. The molecule has 1 N–H and O–H groups in total. The van der Waals surface area contributed by atoms with Crippen molar-refractivity contribution in [1.82, 2.24) is 10.2 Å². The molecule has 0 unspecified atom stereocenters. The Labute approximate surface area is 150 Å². The number of nitrogens with zero attached hydrogens (tertiary/aromatic N) is 1. The average Bonchev–Trinajstić information content (AvgIpc) is 2.62. The van der Waals surface area contributed by atoms with Crippen LogP contribution in [0.4, 0.5) is 0 Å². The summed E-state index contributed by atoms with van der Waals surface area (Å²) in [5.41, 5.74) is 0.843. The van der Waals surface area contributed by atoms with E-state index in [0.29, 0.717) is 23.7 Å². The molecular weight excluding hydrogens is 320 g/mol.